The van der Waals surface area contributed by atoms with Crippen molar-refractivity contribution in [3.8, 4) is 0 Å². The Hall–Kier alpha value is -0.810. The van der Waals surface area contributed by atoms with E-state index in [4.69, 9.17) is 10.8 Å². The average molecular weight is 176 g/mol. The average Bonchev–Trinajstić information content (AvgIpc) is 2.09. The van der Waals surface area contributed by atoms with Crippen LogP contribution in [0, 0.1) is 0 Å². The Morgan fingerprint density at radius 2 is 2.25 bits per heavy atom. The largest absolute Gasteiger partial charge is 0.447 e. The maximum atomic E-state index is 10.7. The Balaban J connectivity index is 3.08. The fraction of sp³-hybridized carbons (Fsp3) is 0.857. The van der Waals surface area contributed by atoms with Gasteiger partial charge in [-0.3, -0.25) is 0 Å². The summed E-state index contributed by atoms with van der Waals surface area (Å²) in [5.74, 6) is 0. The van der Waals surface area contributed by atoms with Crippen LogP contribution in [-0.2, 0) is 4.74 Å². The van der Waals surface area contributed by atoms with Crippen LogP contribution in [-0.4, -0.2) is 37.5 Å². The molecule has 0 saturated carbocycles. The number of hydrogen-bond donors (Lipinski definition) is 3. The molecule has 0 unspecified atom stereocenters. The minimum atomic E-state index is -0.485. The van der Waals surface area contributed by atoms with E-state index in [1.807, 2.05) is 0 Å². The zero-order valence-electron chi connectivity index (χ0n) is 7.08. The highest BCUT2D eigenvalue weighted by Crippen LogP contribution is 1.83. The summed E-state index contributed by atoms with van der Waals surface area (Å²) in [5, 5.41) is 10.8. The van der Waals surface area contributed by atoms with Crippen LogP contribution in [0.25, 0.3) is 0 Å². The molecule has 5 heteroatoms. The van der Waals surface area contributed by atoms with Gasteiger partial charge in [-0.05, 0) is 19.4 Å². The minimum Gasteiger partial charge on any atom is -0.447 e. The Kier molecular flexibility index (Phi) is 7.73. The van der Waals surface area contributed by atoms with Crippen LogP contribution in [0.4, 0.5) is 4.79 Å². The summed E-state index contributed by atoms with van der Waals surface area (Å²) in [6.07, 6.45) is 1.26. The molecule has 0 saturated heterocycles. The van der Waals surface area contributed by atoms with Gasteiger partial charge in [-0.25, -0.2) is 4.79 Å². The van der Waals surface area contributed by atoms with Crippen molar-refractivity contribution in [2.24, 2.45) is 5.73 Å². The van der Waals surface area contributed by atoms with Gasteiger partial charge in [-0.1, -0.05) is 0 Å². The highest BCUT2D eigenvalue weighted by molar-refractivity contribution is 5.66. The lowest BCUT2D eigenvalue weighted by atomic mass is 10.3. The molecule has 0 atom stereocenters. The third-order valence-corrected chi connectivity index (χ3v) is 1.22. The van der Waals surface area contributed by atoms with E-state index in [2.05, 4.69) is 10.1 Å². The first kappa shape index (κ1) is 11.2. The van der Waals surface area contributed by atoms with Gasteiger partial charge in [0.05, 0.1) is 6.61 Å². The van der Waals surface area contributed by atoms with E-state index in [0.29, 0.717) is 13.1 Å². The van der Waals surface area contributed by atoms with E-state index >= 15 is 0 Å². The molecule has 0 aromatic rings. The zero-order valence-corrected chi connectivity index (χ0v) is 7.08. The summed E-state index contributed by atoms with van der Waals surface area (Å²) in [5.41, 5.74) is 5.25. The monoisotopic (exact) mass is 176 g/mol. The van der Waals surface area contributed by atoms with Crippen molar-refractivity contribution in [1.29, 1.82) is 0 Å². The van der Waals surface area contributed by atoms with Gasteiger partial charge >= 0.3 is 6.09 Å². The maximum absolute atomic E-state index is 10.7. The third kappa shape index (κ3) is 7.30. The number of unbranched alkanes of at least 4 members (excludes halogenated alkanes) is 1. The second kappa shape index (κ2) is 8.29. The minimum absolute atomic E-state index is 0.0444. The highest BCUT2D eigenvalue weighted by atomic mass is 16.6. The lowest BCUT2D eigenvalue weighted by Gasteiger charge is -2.04. The molecular weight excluding hydrogens is 160 g/mol. The van der Waals surface area contributed by atoms with Crippen molar-refractivity contribution in [3.63, 3.8) is 0 Å². The fourth-order valence-electron chi connectivity index (χ4n) is 0.649. The molecule has 0 spiro atoms. The predicted molar refractivity (Wildman–Crippen MR) is 44.7 cm³/mol. The number of aliphatic hydroxyl groups excluding tert-OH is 1. The van der Waals surface area contributed by atoms with E-state index in [0.717, 1.165) is 12.8 Å². The van der Waals surface area contributed by atoms with Crippen LogP contribution >= 0.6 is 0 Å². The number of aliphatic hydroxyl groups is 1. The van der Waals surface area contributed by atoms with Crippen LogP contribution in [0.3, 0.4) is 0 Å². The highest BCUT2D eigenvalue weighted by Gasteiger charge is 1.98. The Bertz CT molecular complexity index is 119. The number of hydrogen-bond acceptors (Lipinski definition) is 4. The molecule has 12 heavy (non-hydrogen) atoms. The molecule has 0 bridgehead atoms. The van der Waals surface area contributed by atoms with Crippen LogP contribution in [0.1, 0.15) is 12.8 Å². The van der Waals surface area contributed by atoms with Gasteiger partial charge in [0.2, 0.25) is 0 Å². The van der Waals surface area contributed by atoms with Gasteiger partial charge in [-0.15, -0.1) is 0 Å². The normalized spacial score (nSPS) is 9.50. The van der Waals surface area contributed by atoms with E-state index < -0.39 is 6.09 Å². The second-order valence-electron chi connectivity index (χ2n) is 2.28. The summed E-state index contributed by atoms with van der Waals surface area (Å²) in [7, 11) is 0. The number of nitrogens with two attached hydrogens (primary N) is 1. The molecule has 0 aliphatic rings. The third-order valence-electron chi connectivity index (χ3n) is 1.22. The zero-order chi connectivity index (χ0) is 9.23. The van der Waals surface area contributed by atoms with E-state index in [1.165, 1.54) is 0 Å². The lowest BCUT2D eigenvalue weighted by molar-refractivity contribution is 0.119. The SMILES string of the molecule is NCCCCNC(=O)OCCO. The Labute approximate surface area is 71.9 Å². The predicted octanol–water partition coefficient (Wildman–Crippen LogP) is -0.556. The smallest absolute Gasteiger partial charge is 0.407 e. The van der Waals surface area contributed by atoms with Crippen molar-refractivity contribution in [1.82, 2.24) is 5.32 Å². The number of ether oxygens (including phenoxy) is 1. The van der Waals surface area contributed by atoms with Gasteiger partial charge < -0.3 is 20.9 Å². The lowest BCUT2D eigenvalue weighted by Crippen LogP contribution is -2.26. The Morgan fingerprint density at radius 3 is 2.83 bits per heavy atom. The number of amides is 1. The summed E-state index contributed by atoms with van der Waals surface area (Å²) in [6.45, 7) is 1.10. The molecule has 0 aliphatic carbocycles. The van der Waals surface area contributed by atoms with Crippen molar-refractivity contribution in [2.45, 2.75) is 12.8 Å². The molecule has 72 valence electrons. The van der Waals surface area contributed by atoms with Gasteiger partial charge in [0.15, 0.2) is 0 Å². The molecule has 0 aromatic heterocycles. The molecule has 4 N–H and O–H groups in total. The molecule has 1 amide bonds. The van der Waals surface area contributed by atoms with Crippen LogP contribution in [0.2, 0.25) is 0 Å². The molecule has 0 rings (SSSR count). The number of carbonyl (C=O) groups excluding carboxylic acids is 1. The van der Waals surface area contributed by atoms with Crippen molar-refractivity contribution in [3.05, 3.63) is 0 Å². The van der Waals surface area contributed by atoms with Crippen molar-refractivity contribution in [2.75, 3.05) is 26.3 Å². The molecule has 5 nitrogen and oxygen atoms in total. The summed E-state index contributed by atoms with van der Waals surface area (Å²) in [6, 6.07) is 0. The topological polar surface area (TPSA) is 84.6 Å². The molecule has 0 heterocycles. The molecule has 0 radical (unpaired) electrons. The van der Waals surface area contributed by atoms with Crippen LogP contribution in [0.15, 0.2) is 0 Å². The standard InChI is InChI=1S/C7H16N2O3/c8-3-1-2-4-9-7(11)12-6-5-10/h10H,1-6,8H2,(H,9,11). The number of carbonyl (C=O) groups is 1. The van der Waals surface area contributed by atoms with Crippen molar-refractivity contribution < 1.29 is 14.6 Å². The molecular formula is C7H16N2O3. The first-order valence-electron chi connectivity index (χ1n) is 4.02. The van der Waals surface area contributed by atoms with Gasteiger partial charge in [0, 0.05) is 6.54 Å². The number of rotatable bonds is 6. The van der Waals surface area contributed by atoms with Crippen LogP contribution in [0.5, 0.6) is 0 Å². The number of nitrogens with one attached hydrogen (secondary N) is 1. The first-order valence-corrected chi connectivity index (χ1v) is 4.02. The van der Waals surface area contributed by atoms with Crippen molar-refractivity contribution >= 4 is 6.09 Å². The van der Waals surface area contributed by atoms with E-state index in [1.54, 1.807) is 0 Å². The summed E-state index contributed by atoms with van der Waals surface area (Å²) in [4.78, 5) is 10.7. The first-order chi connectivity index (χ1) is 5.81. The maximum Gasteiger partial charge on any atom is 0.407 e. The van der Waals surface area contributed by atoms with E-state index in [9.17, 15) is 4.79 Å². The summed E-state index contributed by atoms with van der Waals surface area (Å²) >= 11 is 0. The van der Waals surface area contributed by atoms with Gasteiger partial charge in [0.1, 0.15) is 6.61 Å². The molecule has 0 aliphatic heterocycles. The van der Waals surface area contributed by atoms with Gasteiger partial charge in [-0.2, -0.15) is 0 Å². The molecule has 0 fully saturated rings. The van der Waals surface area contributed by atoms with Crippen LogP contribution < -0.4 is 11.1 Å². The van der Waals surface area contributed by atoms with E-state index in [-0.39, 0.29) is 13.2 Å². The fourth-order valence-corrected chi connectivity index (χ4v) is 0.649. The quantitative estimate of drug-likeness (QED) is 0.474. The molecule has 0 aromatic carbocycles. The Morgan fingerprint density at radius 1 is 1.50 bits per heavy atom. The summed E-state index contributed by atoms with van der Waals surface area (Å²) < 4.78 is 4.54. The number of alkyl carbamates (subject to hydrolysis) is 1. The van der Waals surface area contributed by atoms with Gasteiger partial charge in [0.25, 0.3) is 0 Å². The second-order valence-corrected chi connectivity index (χ2v) is 2.28.